The van der Waals surface area contributed by atoms with Crippen LogP contribution in [0.4, 0.5) is 5.69 Å². The van der Waals surface area contributed by atoms with Gasteiger partial charge in [-0.3, -0.25) is 4.79 Å². The molecule has 100 valence electrons. The van der Waals surface area contributed by atoms with Crippen LogP contribution in [-0.2, 0) is 13.0 Å². The first-order valence-electron chi connectivity index (χ1n) is 6.18. The number of aromatic nitrogens is 1. The molecule has 0 unspecified atom stereocenters. The molecule has 0 saturated heterocycles. The van der Waals surface area contributed by atoms with E-state index >= 15 is 0 Å². The van der Waals surface area contributed by atoms with Gasteiger partial charge < -0.3 is 11.1 Å². The van der Waals surface area contributed by atoms with Gasteiger partial charge in [0.05, 0.1) is 6.54 Å². The lowest BCUT2D eigenvalue weighted by Gasteiger charge is -2.05. The number of hydrogen-bond donors (Lipinski definition) is 2. The number of hydrogen-bond acceptors (Lipinski definition) is 4. The van der Waals surface area contributed by atoms with Crippen LogP contribution >= 0.6 is 11.3 Å². The standard InChI is InChI=1S/C14H17N3OS/c1-3-11-7-16-13(19-11)8-17-14(18)10-5-4-9(2)12(15)6-10/h4-7H,3,8,15H2,1-2H3,(H,17,18). The van der Waals surface area contributed by atoms with Crippen LogP contribution in [0.15, 0.2) is 24.4 Å². The molecule has 3 N–H and O–H groups in total. The van der Waals surface area contributed by atoms with Gasteiger partial charge in [-0.15, -0.1) is 11.3 Å². The quantitative estimate of drug-likeness (QED) is 0.842. The van der Waals surface area contributed by atoms with Crippen molar-refractivity contribution in [1.29, 1.82) is 0 Å². The summed E-state index contributed by atoms with van der Waals surface area (Å²) in [5.41, 5.74) is 7.99. The van der Waals surface area contributed by atoms with Crippen molar-refractivity contribution in [3.05, 3.63) is 45.4 Å². The predicted octanol–water partition coefficient (Wildman–Crippen LogP) is 2.53. The van der Waals surface area contributed by atoms with Gasteiger partial charge in [-0.1, -0.05) is 13.0 Å². The summed E-state index contributed by atoms with van der Waals surface area (Å²) in [7, 11) is 0. The van der Waals surface area contributed by atoms with Crippen molar-refractivity contribution in [1.82, 2.24) is 10.3 Å². The van der Waals surface area contributed by atoms with Crippen LogP contribution in [0, 0.1) is 6.92 Å². The van der Waals surface area contributed by atoms with Gasteiger partial charge in [0.25, 0.3) is 5.91 Å². The van der Waals surface area contributed by atoms with E-state index in [2.05, 4.69) is 17.2 Å². The van der Waals surface area contributed by atoms with Gasteiger partial charge >= 0.3 is 0 Å². The number of nitrogens with zero attached hydrogens (tertiary/aromatic N) is 1. The van der Waals surface area contributed by atoms with Crippen molar-refractivity contribution >= 4 is 22.9 Å². The number of aryl methyl sites for hydroxylation is 2. The summed E-state index contributed by atoms with van der Waals surface area (Å²) in [6, 6.07) is 5.33. The van der Waals surface area contributed by atoms with Crippen LogP contribution in [0.5, 0.6) is 0 Å². The Hall–Kier alpha value is -1.88. The monoisotopic (exact) mass is 275 g/mol. The molecule has 5 heteroatoms. The van der Waals surface area contributed by atoms with E-state index in [-0.39, 0.29) is 5.91 Å². The molecule has 0 aliphatic heterocycles. The van der Waals surface area contributed by atoms with Crippen molar-refractivity contribution in [3.63, 3.8) is 0 Å². The Balaban J connectivity index is 1.99. The molecule has 1 heterocycles. The van der Waals surface area contributed by atoms with Crippen molar-refractivity contribution in [2.75, 3.05) is 5.73 Å². The number of benzene rings is 1. The lowest BCUT2D eigenvalue weighted by molar-refractivity contribution is 0.0951. The van der Waals surface area contributed by atoms with E-state index in [4.69, 9.17) is 5.73 Å². The van der Waals surface area contributed by atoms with E-state index in [1.54, 1.807) is 23.5 Å². The number of carbonyl (C=O) groups is 1. The van der Waals surface area contributed by atoms with Gasteiger partial charge in [-0.05, 0) is 31.0 Å². The highest BCUT2D eigenvalue weighted by Crippen LogP contribution is 2.15. The van der Waals surface area contributed by atoms with Crippen LogP contribution < -0.4 is 11.1 Å². The fourth-order valence-corrected chi connectivity index (χ4v) is 2.44. The van der Waals surface area contributed by atoms with E-state index in [9.17, 15) is 4.79 Å². The molecule has 4 nitrogen and oxygen atoms in total. The van der Waals surface area contributed by atoms with Crippen molar-refractivity contribution < 1.29 is 4.79 Å². The van der Waals surface area contributed by atoms with Gasteiger partial charge in [-0.2, -0.15) is 0 Å². The molecule has 0 aliphatic rings. The smallest absolute Gasteiger partial charge is 0.251 e. The number of anilines is 1. The molecule has 0 spiro atoms. The number of thiazole rings is 1. The normalized spacial score (nSPS) is 10.4. The number of nitrogens with two attached hydrogens (primary N) is 1. The molecule has 0 fully saturated rings. The van der Waals surface area contributed by atoms with Crippen LogP contribution in [-0.4, -0.2) is 10.9 Å². The van der Waals surface area contributed by atoms with E-state index in [0.29, 0.717) is 17.8 Å². The number of nitrogen functional groups attached to an aromatic ring is 1. The molecular weight excluding hydrogens is 258 g/mol. The number of amides is 1. The topological polar surface area (TPSA) is 68.0 Å². The lowest BCUT2D eigenvalue weighted by Crippen LogP contribution is -2.22. The van der Waals surface area contributed by atoms with E-state index in [0.717, 1.165) is 17.0 Å². The molecule has 0 atom stereocenters. The summed E-state index contributed by atoms with van der Waals surface area (Å²) in [5, 5.41) is 3.77. The lowest BCUT2D eigenvalue weighted by atomic mass is 10.1. The highest BCUT2D eigenvalue weighted by atomic mass is 32.1. The van der Waals surface area contributed by atoms with E-state index < -0.39 is 0 Å². The minimum Gasteiger partial charge on any atom is -0.398 e. The van der Waals surface area contributed by atoms with Crippen LogP contribution in [0.25, 0.3) is 0 Å². The molecule has 1 amide bonds. The van der Waals surface area contributed by atoms with Crippen LogP contribution in [0.1, 0.15) is 32.7 Å². The molecule has 0 aliphatic carbocycles. The second kappa shape index (κ2) is 5.84. The van der Waals surface area contributed by atoms with Gasteiger partial charge in [0.2, 0.25) is 0 Å². The number of carbonyl (C=O) groups excluding carboxylic acids is 1. The summed E-state index contributed by atoms with van der Waals surface area (Å²) in [5.74, 6) is -0.125. The third-order valence-electron chi connectivity index (χ3n) is 2.89. The molecule has 0 bridgehead atoms. The maximum atomic E-state index is 12.0. The molecule has 1 aromatic carbocycles. The van der Waals surface area contributed by atoms with Crippen molar-refractivity contribution in [3.8, 4) is 0 Å². The highest BCUT2D eigenvalue weighted by molar-refractivity contribution is 7.11. The summed E-state index contributed by atoms with van der Waals surface area (Å²) in [6.07, 6.45) is 2.83. The predicted molar refractivity (Wildman–Crippen MR) is 78.3 cm³/mol. The first-order chi connectivity index (χ1) is 9.10. The molecule has 0 radical (unpaired) electrons. The second-order valence-electron chi connectivity index (χ2n) is 4.33. The Morgan fingerprint density at radius 1 is 1.47 bits per heavy atom. The van der Waals surface area contributed by atoms with E-state index in [1.807, 2.05) is 19.2 Å². The minimum absolute atomic E-state index is 0.125. The van der Waals surface area contributed by atoms with Crippen molar-refractivity contribution in [2.45, 2.75) is 26.8 Å². The highest BCUT2D eigenvalue weighted by Gasteiger charge is 2.08. The zero-order chi connectivity index (χ0) is 13.8. The zero-order valence-corrected chi connectivity index (χ0v) is 11.9. The fraction of sp³-hybridized carbons (Fsp3) is 0.286. The van der Waals surface area contributed by atoms with Crippen LogP contribution in [0.3, 0.4) is 0 Å². The average molecular weight is 275 g/mol. The van der Waals surface area contributed by atoms with Crippen LogP contribution in [0.2, 0.25) is 0 Å². The summed E-state index contributed by atoms with van der Waals surface area (Å²) in [4.78, 5) is 17.5. The zero-order valence-electron chi connectivity index (χ0n) is 11.1. The molecule has 19 heavy (non-hydrogen) atoms. The Morgan fingerprint density at radius 3 is 2.89 bits per heavy atom. The molecule has 1 aromatic heterocycles. The van der Waals surface area contributed by atoms with Gasteiger partial charge in [0, 0.05) is 22.3 Å². The first-order valence-corrected chi connectivity index (χ1v) is 6.99. The largest absolute Gasteiger partial charge is 0.398 e. The SMILES string of the molecule is CCc1cnc(CNC(=O)c2ccc(C)c(N)c2)s1. The Kier molecular flexibility index (Phi) is 4.16. The molecule has 2 aromatic rings. The Labute approximate surface area is 116 Å². The summed E-state index contributed by atoms with van der Waals surface area (Å²) in [6.45, 7) is 4.46. The molecular formula is C14H17N3OS. The third kappa shape index (κ3) is 3.32. The van der Waals surface area contributed by atoms with Gasteiger partial charge in [0.15, 0.2) is 0 Å². The number of rotatable bonds is 4. The van der Waals surface area contributed by atoms with Crippen molar-refractivity contribution in [2.24, 2.45) is 0 Å². The van der Waals surface area contributed by atoms with E-state index in [1.165, 1.54) is 4.88 Å². The fourth-order valence-electron chi connectivity index (χ4n) is 1.63. The first kappa shape index (κ1) is 13.5. The van der Waals surface area contributed by atoms with Gasteiger partial charge in [0.1, 0.15) is 5.01 Å². The second-order valence-corrected chi connectivity index (χ2v) is 5.53. The maximum absolute atomic E-state index is 12.0. The summed E-state index contributed by atoms with van der Waals surface area (Å²) >= 11 is 1.63. The Bertz CT molecular complexity index is 592. The summed E-state index contributed by atoms with van der Waals surface area (Å²) < 4.78 is 0. The molecule has 2 rings (SSSR count). The minimum atomic E-state index is -0.125. The Morgan fingerprint density at radius 2 is 2.26 bits per heavy atom. The third-order valence-corrected chi connectivity index (χ3v) is 4.03. The number of nitrogens with one attached hydrogen (secondary N) is 1. The average Bonchev–Trinajstić information content (AvgIpc) is 2.87. The maximum Gasteiger partial charge on any atom is 0.251 e. The van der Waals surface area contributed by atoms with Gasteiger partial charge in [-0.25, -0.2) is 4.98 Å². The molecule has 0 saturated carbocycles.